The third-order valence-electron chi connectivity index (χ3n) is 4.22. The number of fused-ring (bicyclic) bond motifs is 1. The molecule has 0 radical (unpaired) electrons. The number of carbonyl (C=O) groups excluding carboxylic acids is 1. The molecule has 0 spiro atoms. The van der Waals surface area contributed by atoms with Gasteiger partial charge in [0.2, 0.25) is 5.91 Å². The number of amides is 1. The van der Waals surface area contributed by atoms with Gasteiger partial charge in [-0.25, -0.2) is 0 Å². The van der Waals surface area contributed by atoms with Crippen molar-refractivity contribution in [3.8, 4) is 0 Å². The van der Waals surface area contributed by atoms with E-state index in [2.05, 4.69) is 18.2 Å². The molecule has 1 aliphatic heterocycles. The fraction of sp³-hybridized carbons (Fsp3) is 0.533. The zero-order valence-corrected chi connectivity index (χ0v) is 11.1. The Labute approximate surface area is 113 Å². The van der Waals surface area contributed by atoms with E-state index in [1.54, 1.807) is 0 Å². The first-order chi connectivity index (χ1) is 9.17. The number of nitrogens with zero attached hydrogens (tertiary/aromatic N) is 1. The summed E-state index contributed by atoms with van der Waals surface area (Å²) < 4.78 is 0. The zero-order chi connectivity index (χ0) is 13.4. The van der Waals surface area contributed by atoms with Crippen molar-refractivity contribution >= 4 is 11.6 Å². The number of rotatable bonds is 4. The van der Waals surface area contributed by atoms with E-state index >= 15 is 0 Å². The van der Waals surface area contributed by atoms with Crippen molar-refractivity contribution < 1.29 is 4.79 Å². The Morgan fingerprint density at radius 3 is 2.79 bits per heavy atom. The molecule has 0 aromatic heterocycles. The van der Waals surface area contributed by atoms with Crippen LogP contribution in [-0.2, 0) is 17.6 Å². The average molecular weight is 259 g/mol. The van der Waals surface area contributed by atoms with Crippen LogP contribution in [0.4, 0.5) is 5.69 Å². The number of benzene rings is 1. The van der Waals surface area contributed by atoms with Gasteiger partial charge in [0, 0.05) is 18.3 Å². The second kappa shape index (κ2) is 4.94. The average Bonchev–Trinajstić information content (AvgIpc) is 2.64. The van der Waals surface area contributed by atoms with Gasteiger partial charge in [-0.05, 0) is 48.9 Å². The Kier molecular flexibility index (Phi) is 3.29. The molecule has 1 aromatic rings. The van der Waals surface area contributed by atoms with Gasteiger partial charge in [-0.1, -0.05) is 12.1 Å². The third-order valence-corrected chi connectivity index (χ3v) is 4.22. The van der Waals surface area contributed by atoms with Crippen LogP contribution in [0.3, 0.4) is 0 Å². The molecule has 1 fully saturated rings. The van der Waals surface area contributed by atoms with Gasteiger partial charge in [0.1, 0.15) is 0 Å². The van der Waals surface area contributed by atoms with Crippen LogP contribution in [0.2, 0.25) is 0 Å². The van der Waals surface area contributed by atoms with E-state index in [4.69, 9.17) is 11.5 Å². The fourth-order valence-electron chi connectivity index (χ4n) is 3.15. The lowest BCUT2D eigenvalue weighted by molar-refractivity contribution is -0.117. The van der Waals surface area contributed by atoms with Gasteiger partial charge in [-0.15, -0.1) is 0 Å². The first-order valence-electron chi connectivity index (χ1n) is 7.05. The molecule has 4 heteroatoms. The summed E-state index contributed by atoms with van der Waals surface area (Å²) in [6, 6.07) is 6.63. The monoisotopic (exact) mass is 259 g/mol. The topological polar surface area (TPSA) is 72.4 Å². The smallest absolute Gasteiger partial charge is 0.231 e. The molecule has 102 valence electrons. The van der Waals surface area contributed by atoms with Gasteiger partial charge in [-0.2, -0.15) is 0 Å². The molecular formula is C15H21N3O. The summed E-state index contributed by atoms with van der Waals surface area (Å²) in [6.45, 7) is 1.48. The fourth-order valence-corrected chi connectivity index (χ4v) is 3.15. The maximum atomic E-state index is 12.1. The second-order valence-corrected chi connectivity index (χ2v) is 5.78. The minimum atomic E-state index is 0.223. The van der Waals surface area contributed by atoms with Crippen molar-refractivity contribution in [2.45, 2.75) is 31.7 Å². The highest BCUT2D eigenvalue weighted by Gasteiger charge is 2.33. The normalized spacial score (nSPS) is 25.4. The van der Waals surface area contributed by atoms with Crippen molar-refractivity contribution in [3.05, 3.63) is 29.3 Å². The highest BCUT2D eigenvalue weighted by Crippen LogP contribution is 2.34. The molecular weight excluding hydrogens is 238 g/mol. The lowest BCUT2D eigenvalue weighted by Crippen LogP contribution is -2.43. The van der Waals surface area contributed by atoms with Crippen molar-refractivity contribution in [1.82, 2.24) is 0 Å². The Balaban J connectivity index is 1.76. The van der Waals surface area contributed by atoms with Crippen LogP contribution in [0.1, 0.15) is 24.0 Å². The molecule has 1 amide bonds. The van der Waals surface area contributed by atoms with E-state index in [1.165, 1.54) is 5.56 Å². The Bertz CT molecular complexity index is 494. The van der Waals surface area contributed by atoms with E-state index in [0.29, 0.717) is 24.9 Å². The van der Waals surface area contributed by atoms with Crippen LogP contribution in [0.15, 0.2) is 18.2 Å². The quantitative estimate of drug-likeness (QED) is 0.840. The van der Waals surface area contributed by atoms with Crippen LogP contribution in [-0.4, -0.2) is 25.0 Å². The highest BCUT2D eigenvalue weighted by atomic mass is 16.2. The SMILES string of the molecule is NCCc1ccc2c(c1)CC(=O)N2CC1CC(N)C1. The minimum Gasteiger partial charge on any atom is -0.330 e. The van der Waals surface area contributed by atoms with E-state index in [-0.39, 0.29) is 5.91 Å². The first-order valence-corrected chi connectivity index (χ1v) is 7.05. The number of hydrogen-bond donors (Lipinski definition) is 2. The van der Waals surface area contributed by atoms with E-state index < -0.39 is 0 Å². The van der Waals surface area contributed by atoms with Gasteiger partial charge in [0.15, 0.2) is 0 Å². The van der Waals surface area contributed by atoms with Gasteiger partial charge < -0.3 is 16.4 Å². The minimum absolute atomic E-state index is 0.223. The van der Waals surface area contributed by atoms with Crippen molar-refractivity contribution in [1.29, 1.82) is 0 Å². The van der Waals surface area contributed by atoms with Gasteiger partial charge in [0.05, 0.1) is 6.42 Å². The highest BCUT2D eigenvalue weighted by molar-refractivity contribution is 6.01. The Hall–Kier alpha value is -1.39. The molecule has 3 rings (SSSR count). The maximum Gasteiger partial charge on any atom is 0.231 e. The molecule has 0 unspecified atom stereocenters. The van der Waals surface area contributed by atoms with E-state index in [9.17, 15) is 4.79 Å². The molecule has 1 aromatic carbocycles. The predicted molar refractivity (Wildman–Crippen MR) is 76.0 cm³/mol. The van der Waals surface area contributed by atoms with E-state index in [0.717, 1.165) is 37.1 Å². The molecule has 0 atom stereocenters. The largest absolute Gasteiger partial charge is 0.330 e. The maximum absolute atomic E-state index is 12.1. The standard InChI is InChI=1S/C15H21N3O/c16-4-3-10-1-2-14-12(5-10)8-15(19)18(14)9-11-6-13(17)7-11/h1-2,5,11,13H,3-4,6-9,16-17H2. The predicted octanol–water partition coefficient (Wildman–Crippen LogP) is 0.814. The molecule has 19 heavy (non-hydrogen) atoms. The molecule has 4 N–H and O–H groups in total. The second-order valence-electron chi connectivity index (χ2n) is 5.78. The summed E-state index contributed by atoms with van der Waals surface area (Å²) in [5.74, 6) is 0.800. The summed E-state index contributed by atoms with van der Waals surface area (Å²) in [6.07, 6.45) is 3.50. The Morgan fingerprint density at radius 1 is 1.32 bits per heavy atom. The third kappa shape index (κ3) is 2.38. The lowest BCUT2D eigenvalue weighted by atomic mass is 9.80. The molecule has 0 saturated heterocycles. The Morgan fingerprint density at radius 2 is 2.11 bits per heavy atom. The van der Waals surface area contributed by atoms with Crippen molar-refractivity contribution in [2.75, 3.05) is 18.0 Å². The lowest BCUT2D eigenvalue weighted by Gasteiger charge is -2.35. The van der Waals surface area contributed by atoms with Crippen LogP contribution in [0, 0.1) is 5.92 Å². The molecule has 0 bridgehead atoms. The van der Waals surface area contributed by atoms with Crippen LogP contribution in [0.5, 0.6) is 0 Å². The summed E-state index contributed by atoms with van der Waals surface area (Å²) in [7, 11) is 0. The number of nitrogens with two attached hydrogens (primary N) is 2. The van der Waals surface area contributed by atoms with Crippen LogP contribution < -0.4 is 16.4 Å². The first kappa shape index (κ1) is 12.6. The molecule has 1 heterocycles. The summed E-state index contributed by atoms with van der Waals surface area (Å²) >= 11 is 0. The summed E-state index contributed by atoms with van der Waals surface area (Å²) in [5.41, 5.74) is 14.9. The van der Waals surface area contributed by atoms with Gasteiger partial charge >= 0.3 is 0 Å². The summed E-state index contributed by atoms with van der Waals surface area (Å²) in [4.78, 5) is 14.1. The van der Waals surface area contributed by atoms with Gasteiger partial charge in [0.25, 0.3) is 0 Å². The number of anilines is 1. The molecule has 1 aliphatic carbocycles. The van der Waals surface area contributed by atoms with Crippen LogP contribution >= 0.6 is 0 Å². The van der Waals surface area contributed by atoms with Crippen molar-refractivity contribution in [2.24, 2.45) is 17.4 Å². The number of carbonyl (C=O) groups is 1. The van der Waals surface area contributed by atoms with Crippen LogP contribution in [0.25, 0.3) is 0 Å². The summed E-state index contributed by atoms with van der Waals surface area (Å²) in [5, 5.41) is 0. The van der Waals surface area contributed by atoms with Gasteiger partial charge in [-0.3, -0.25) is 4.79 Å². The molecule has 1 saturated carbocycles. The molecule has 4 nitrogen and oxygen atoms in total. The van der Waals surface area contributed by atoms with Crippen molar-refractivity contribution in [3.63, 3.8) is 0 Å². The zero-order valence-electron chi connectivity index (χ0n) is 11.1. The van der Waals surface area contributed by atoms with E-state index in [1.807, 2.05) is 4.90 Å². The number of hydrogen-bond acceptors (Lipinski definition) is 3. The molecule has 2 aliphatic rings.